The molecule has 6 nitrogen and oxygen atoms in total. The van der Waals surface area contributed by atoms with E-state index in [4.69, 9.17) is 5.11 Å². The first-order chi connectivity index (χ1) is 13.5. The first-order valence-corrected chi connectivity index (χ1v) is 9.49. The first kappa shape index (κ1) is 18.2. The van der Waals surface area contributed by atoms with Crippen LogP contribution in [0.25, 0.3) is 0 Å². The third-order valence-corrected chi connectivity index (χ3v) is 5.83. The number of hydrogen-bond donors (Lipinski definition) is 3. The number of aliphatic carboxylic acids is 1. The standard InChI is InChI=1S/C22H22N2O4/c25-19(26)13-23-20(27)15-7-9-16(10-8-15)24-21(28)18-12-22(18)11-3-5-14-4-1-2-6-17(14)22/h1-2,4,6-10,18H,3,5,11-13H2,(H,23,27)(H,24,28)(H,25,26). The average molecular weight is 378 g/mol. The van der Waals surface area contributed by atoms with E-state index in [0.717, 1.165) is 25.7 Å². The summed E-state index contributed by atoms with van der Waals surface area (Å²) in [6, 6.07) is 14.9. The quantitative estimate of drug-likeness (QED) is 0.745. The lowest BCUT2D eigenvalue weighted by atomic mass is 9.78. The smallest absolute Gasteiger partial charge is 0.322 e. The second-order valence-electron chi connectivity index (χ2n) is 7.57. The van der Waals surface area contributed by atoms with Crippen molar-refractivity contribution in [1.82, 2.24) is 5.32 Å². The van der Waals surface area contributed by atoms with E-state index in [1.54, 1.807) is 24.3 Å². The van der Waals surface area contributed by atoms with Crippen LogP contribution in [0.4, 0.5) is 5.69 Å². The van der Waals surface area contributed by atoms with Gasteiger partial charge in [-0.2, -0.15) is 0 Å². The second-order valence-corrected chi connectivity index (χ2v) is 7.57. The van der Waals surface area contributed by atoms with Crippen molar-refractivity contribution in [3.8, 4) is 0 Å². The maximum atomic E-state index is 12.8. The van der Waals surface area contributed by atoms with Gasteiger partial charge in [0, 0.05) is 22.6 Å². The molecule has 2 unspecified atom stereocenters. The van der Waals surface area contributed by atoms with Crippen LogP contribution < -0.4 is 10.6 Å². The third kappa shape index (κ3) is 3.38. The number of fused-ring (bicyclic) bond motifs is 2. The fraction of sp³-hybridized carbons (Fsp3) is 0.318. The molecule has 0 bridgehead atoms. The number of benzene rings is 2. The Hall–Kier alpha value is -3.15. The zero-order valence-electron chi connectivity index (χ0n) is 15.4. The molecule has 1 spiro atoms. The predicted octanol–water partition coefficient (Wildman–Crippen LogP) is 2.73. The van der Waals surface area contributed by atoms with Gasteiger partial charge in [-0.25, -0.2) is 0 Å². The normalized spacial score (nSPS) is 22.2. The van der Waals surface area contributed by atoms with E-state index in [-0.39, 0.29) is 17.2 Å². The van der Waals surface area contributed by atoms with Crippen molar-refractivity contribution in [2.75, 3.05) is 11.9 Å². The molecule has 6 heteroatoms. The van der Waals surface area contributed by atoms with Crippen LogP contribution >= 0.6 is 0 Å². The van der Waals surface area contributed by atoms with Crippen LogP contribution in [0.15, 0.2) is 48.5 Å². The van der Waals surface area contributed by atoms with E-state index in [1.807, 2.05) is 6.07 Å². The molecule has 2 aromatic carbocycles. The van der Waals surface area contributed by atoms with E-state index < -0.39 is 18.4 Å². The van der Waals surface area contributed by atoms with Crippen molar-refractivity contribution in [1.29, 1.82) is 0 Å². The highest BCUT2D eigenvalue weighted by Crippen LogP contribution is 2.60. The Kier molecular flexibility index (Phi) is 4.63. The molecule has 1 saturated carbocycles. The summed E-state index contributed by atoms with van der Waals surface area (Å²) in [7, 11) is 0. The zero-order chi connectivity index (χ0) is 19.7. The lowest BCUT2D eigenvalue weighted by Crippen LogP contribution is -2.29. The summed E-state index contributed by atoms with van der Waals surface area (Å²) in [5.41, 5.74) is 3.65. The van der Waals surface area contributed by atoms with Gasteiger partial charge < -0.3 is 15.7 Å². The number of rotatable bonds is 5. The predicted molar refractivity (Wildman–Crippen MR) is 104 cm³/mol. The van der Waals surface area contributed by atoms with Gasteiger partial charge in [0.05, 0.1) is 0 Å². The monoisotopic (exact) mass is 378 g/mol. The number of aryl methyl sites for hydroxylation is 1. The molecule has 1 fully saturated rings. The molecule has 2 aliphatic carbocycles. The largest absolute Gasteiger partial charge is 0.480 e. The van der Waals surface area contributed by atoms with Crippen molar-refractivity contribution in [2.45, 2.75) is 31.1 Å². The Morgan fingerprint density at radius 1 is 1.07 bits per heavy atom. The number of hydrogen-bond acceptors (Lipinski definition) is 3. The molecule has 4 rings (SSSR count). The van der Waals surface area contributed by atoms with Gasteiger partial charge in [0.2, 0.25) is 5.91 Å². The van der Waals surface area contributed by atoms with Crippen molar-refractivity contribution >= 4 is 23.5 Å². The summed E-state index contributed by atoms with van der Waals surface area (Å²) >= 11 is 0. The number of anilines is 1. The number of carboxylic acid groups (broad SMARTS) is 1. The van der Waals surface area contributed by atoms with Crippen LogP contribution in [0, 0.1) is 5.92 Å². The van der Waals surface area contributed by atoms with Crippen molar-refractivity contribution in [3.05, 3.63) is 65.2 Å². The molecule has 3 N–H and O–H groups in total. The zero-order valence-corrected chi connectivity index (χ0v) is 15.4. The van der Waals surface area contributed by atoms with Crippen LogP contribution in [-0.2, 0) is 21.4 Å². The Labute approximate surface area is 163 Å². The van der Waals surface area contributed by atoms with Gasteiger partial charge in [-0.3, -0.25) is 14.4 Å². The molecule has 2 amide bonds. The Bertz CT molecular complexity index is 938. The average Bonchev–Trinajstić information content (AvgIpc) is 3.42. The minimum absolute atomic E-state index is 0.0137. The summed E-state index contributed by atoms with van der Waals surface area (Å²) in [5, 5.41) is 13.9. The second kappa shape index (κ2) is 7.11. The van der Waals surface area contributed by atoms with Crippen LogP contribution in [0.1, 0.15) is 40.7 Å². The van der Waals surface area contributed by atoms with Gasteiger partial charge >= 0.3 is 5.97 Å². The molecule has 2 atom stereocenters. The van der Waals surface area contributed by atoms with Gasteiger partial charge in [-0.1, -0.05) is 24.3 Å². The molecule has 0 saturated heterocycles. The highest BCUT2D eigenvalue weighted by Gasteiger charge is 2.60. The molecular weight excluding hydrogens is 356 g/mol. The van der Waals surface area contributed by atoms with Gasteiger partial charge in [0.15, 0.2) is 0 Å². The lowest BCUT2D eigenvalue weighted by Gasteiger charge is -2.26. The van der Waals surface area contributed by atoms with E-state index in [0.29, 0.717) is 11.3 Å². The molecule has 0 aromatic heterocycles. The Morgan fingerprint density at radius 2 is 1.82 bits per heavy atom. The number of amides is 2. The minimum atomic E-state index is -1.10. The number of carboxylic acids is 1. The van der Waals surface area contributed by atoms with Crippen molar-refractivity contribution in [3.63, 3.8) is 0 Å². The Morgan fingerprint density at radius 3 is 2.57 bits per heavy atom. The van der Waals surface area contributed by atoms with Crippen LogP contribution in [0.3, 0.4) is 0 Å². The fourth-order valence-corrected chi connectivity index (χ4v) is 4.37. The SMILES string of the molecule is O=C(O)CNC(=O)c1ccc(NC(=O)C2CC23CCCc2ccccc23)cc1. The van der Waals surface area contributed by atoms with E-state index in [9.17, 15) is 14.4 Å². The number of nitrogens with one attached hydrogen (secondary N) is 2. The highest BCUT2D eigenvalue weighted by atomic mass is 16.4. The molecule has 2 aliphatic rings. The fourth-order valence-electron chi connectivity index (χ4n) is 4.37. The maximum Gasteiger partial charge on any atom is 0.322 e. The third-order valence-electron chi connectivity index (χ3n) is 5.83. The lowest BCUT2D eigenvalue weighted by molar-refractivity contribution is -0.135. The first-order valence-electron chi connectivity index (χ1n) is 9.49. The Balaban J connectivity index is 1.40. The molecule has 0 aliphatic heterocycles. The summed E-state index contributed by atoms with van der Waals surface area (Å²) in [6.45, 7) is -0.428. The van der Waals surface area contributed by atoms with Gasteiger partial charge in [0.25, 0.3) is 5.91 Å². The van der Waals surface area contributed by atoms with Crippen molar-refractivity contribution in [2.24, 2.45) is 5.92 Å². The van der Waals surface area contributed by atoms with Crippen LogP contribution in [0.2, 0.25) is 0 Å². The van der Waals surface area contributed by atoms with Crippen molar-refractivity contribution < 1.29 is 19.5 Å². The van der Waals surface area contributed by atoms with Crippen LogP contribution in [-0.4, -0.2) is 29.4 Å². The summed E-state index contributed by atoms with van der Waals surface area (Å²) in [4.78, 5) is 35.2. The molecule has 0 heterocycles. The van der Waals surface area contributed by atoms with Gasteiger partial charge in [-0.05, 0) is 61.1 Å². The topological polar surface area (TPSA) is 95.5 Å². The summed E-state index contributed by atoms with van der Waals surface area (Å²) < 4.78 is 0. The van der Waals surface area contributed by atoms with Gasteiger partial charge in [0.1, 0.15) is 6.54 Å². The molecule has 0 radical (unpaired) electrons. The molecule has 144 valence electrons. The number of carbonyl (C=O) groups is 3. The number of carbonyl (C=O) groups excluding carboxylic acids is 2. The van der Waals surface area contributed by atoms with Crippen LogP contribution in [0.5, 0.6) is 0 Å². The van der Waals surface area contributed by atoms with E-state index in [1.165, 1.54) is 11.1 Å². The minimum Gasteiger partial charge on any atom is -0.480 e. The molecular formula is C22H22N2O4. The van der Waals surface area contributed by atoms with E-state index >= 15 is 0 Å². The maximum absolute atomic E-state index is 12.8. The summed E-state index contributed by atoms with van der Waals surface area (Å²) in [6.07, 6.45) is 4.12. The molecule has 2 aromatic rings. The van der Waals surface area contributed by atoms with E-state index in [2.05, 4.69) is 28.8 Å². The summed E-state index contributed by atoms with van der Waals surface area (Å²) in [5.74, 6) is -1.56. The highest BCUT2D eigenvalue weighted by molar-refractivity contribution is 5.98. The molecule has 28 heavy (non-hydrogen) atoms. The van der Waals surface area contributed by atoms with Gasteiger partial charge in [-0.15, -0.1) is 0 Å².